The number of carbonyl (C=O) groups is 3. The van der Waals surface area contributed by atoms with Crippen molar-refractivity contribution in [3.05, 3.63) is 60.2 Å². The van der Waals surface area contributed by atoms with Gasteiger partial charge in [-0.1, -0.05) is 36.4 Å². The van der Waals surface area contributed by atoms with Gasteiger partial charge in [0.2, 0.25) is 17.7 Å². The normalized spacial score (nSPS) is 16.2. The Morgan fingerprint density at radius 2 is 1.72 bits per heavy atom. The van der Waals surface area contributed by atoms with Gasteiger partial charge in [0.05, 0.1) is 6.42 Å². The molecule has 3 rings (SSSR count). The minimum Gasteiger partial charge on any atom is -0.344 e. The van der Waals surface area contributed by atoms with E-state index in [2.05, 4.69) is 16.0 Å². The van der Waals surface area contributed by atoms with Crippen LogP contribution < -0.4 is 16.0 Å². The van der Waals surface area contributed by atoms with Gasteiger partial charge in [-0.05, 0) is 30.2 Å². The highest BCUT2D eigenvalue weighted by Gasteiger charge is 2.27. The SMILES string of the molecule is O=C(Cc1ccccc1)Nc1cccc(NC(=O)[C@@H]2CCC(=O)N2)c1. The van der Waals surface area contributed by atoms with Crippen molar-refractivity contribution in [2.45, 2.75) is 25.3 Å². The van der Waals surface area contributed by atoms with Gasteiger partial charge in [0, 0.05) is 17.8 Å². The van der Waals surface area contributed by atoms with Crippen LogP contribution in [0.1, 0.15) is 18.4 Å². The lowest BCUT2D eigenvalue weighted by molar-refractivity contribution is -0.122. The molecule has 0 spiro atoms. The van der Waals surface area contributed by atoms with Gasteiger partial charge in [-0.25, -0.2) is 0 Å². The number of hydrogen-bond donors (Lipinski definition) is 3. The highest BCUT2D eigenvalue weighted by molar-refractivity contribution is 5.99. The molecule has 2 aromatic carbocycles. The topological polar surface area (TPSA) is 87.3 Å². The Morgan fingerprint density at radius 1 is 1.00 bits per heavy atom. The highest BCUT2D eigenvalue weighted by atomic mass is 16.2. The smallest absolute Gasteiger partial charge is 0.246 e. The van der Waals surface area contributed by atoms with Crippen molar-refractivity contribution in [2.24, 2.45) is 0 Å². The standard InChI is InChI=1S/C19H19N3O3/c23-17-10-9-16(22-17)19(25)21-15-8-4-7-14(12-15)20-18(24)11-13-5-2-1-3-6-13/h1-8,12,16H,9-11H2,(H,20,24)(H,21,25)(H,22,23)/t16-/m0/s1. The average molecular weight is 337 g/mol. The number of hydrogen-bond acceptors (Lipinski definition) is 3. The van der Waals surface area contributed by atoms with Crippen LogP contribution in [0.4, 0.5) is 11.4 Å². The van der Waals surface area contributed by atoms with Crippen LogP contribution in [0, 0.1) is 0 Å². The van der Waals surface area contributed by atoms with Gasteiger partial charge in [-0.2, -0.15) is 0 Å². The molecule has 1 saturated heterocycles. The summed E-state index contributed by atoms with van der Waals surface area (Å²) in [6.45, 7) is 0. The molecule has 1 heterocycles. The molecule has 0 bridgehead atoms. The molecule has 0 radical (unpaired) electrons. The molecule has 128 valence electrons. The first-order valence-corrected chi connectivity index (χ1v) is 8.14. The van der Waals surface area contributed by atoms with Gasteiger partial charge < -0.3 is 16.0 Å². The van der Waals surface area contributed by atoms with E-state index in [0.29, 0.717) is 24.2 Å². The molecular formula is C19H19N3O3. The lowest BCUT2D eigenvalue weighted by Crippen LogP contribution is -2.37. The average Bonchev–Trinajstić information content (AvgIpc) is 3.02. The summed E-state index contributed by atoms with van der Waals surface area (Å²) in [5.74, 6) is -0.488. The second kappa shape index (κ2) is 7.61. The first-order chi connectivity index (χ1) is 12.1. The highest BCUT2D eigenvalue weighted by Crippen LogP contribution is 2.17. The van der Waals surface area contributed by atoms with Crippen molar-refractivity contribution >= 4 is 29.1 Å². The van der Waals surface area contributed by atoms with Gasteiger partial charge in [-0.15, -0.1) is 0 Å². The van der Waals surface area contributed by atoms with Crippen molar-refractivity contribution in [1.29, 1.82) is 0 Å². The van der Waals surface area contributed by atoms with E-state index in [1.54, 1.807) is 24.3 Å². The summed E-state index contributed by atoms with van der Waals surface area (Å²) < 4.78 is 0. The molecular weight excluding hydrogens is 318 g/mol. The fraction of sp³-hybridized carbons (Fsp3) is 0.211. The summed E-state index contributed by atoms with van der Waals surface area (Å²) in [6, 6.07) is 15.9. The summed E-state index contributed by atoms with van der Waals surface area (Å²) in [6.07, 6.45) is 1.15. The Bertz CT molecular complexity index is 790. The van der Waals surface area contributed by atoms with Crippen LogP contribution >= 0.6 is 0 Å². The molecule has 3 N–H and O–H groups in total. The van der Waals surface area contributed by atoms with Crippen molar-refractivity contribution in [3.63, 3.8) is 0 Å². The van der Waals surface area contributed by atoms with Crippen LogP contribution in [-0.4, -0.2) is 23.8 Å². The number of rotatable bonds is 5. The molecule has 3 amide bonds. The molecule has 1 fully saturated rings. The maximum Gasteiger partial charge on any atom is 0.246 e. The molecule has 6 heteroatoms. The van der Waals surface area contributed by atoms with Crippen LogP contribution in [0.3, 0.4) is 0 Å². The van der Waals surface area contributed by atoms with E-state index in [9.17, 15) is 14.4 Å². The lowest BCUT2D eigenvalue weighted by Gasteiger charge is -2.12. The Morgan fingerprint density at radius 3 is 2.40 bits per heavy atom. The van der Waals surface area contributed by atoms with Crippen LogP contribution in [0.2, 0.25) is 0 Å². The predicted octanol–water partition coefficient (Wildman–Crippen LogP) is 2.08. The van der Waals surface area contributed by atoms with E-state index < -0.39 is 6.04 Å². The summed E-state index contributed by atoms with van der Waals surface area (Å²) in [5, 5.41) is 8.21. The number of anilines is 2. The monoisotopic (exact) mass is 337 g/mol. The molecule has 1 aliphatic rings. The molecule has 6 nitrogen and oxygen atoms in total. The van der Waals surface area contributed by atoms with E-state index >= 15 is 0 Å². The molecule has 2 aromatic rings. The van der Waals surface area contributed by atoms with Crippen molar-refractivity contribution in [1.82, 2.24) is 5.32 Å². The minimum absolute atomic E-state index is 0.109. The second-order valence-electron chi connectivity index (χ2n) is 5.94. The van der Waals surface area contributed by atoms with Crippen LogP contribution in [0.5, 0.6) is 0 Å². The predicted molar refractivity (Wildman–Crippen MR) is 95.0 cm³/mol. The zero-order valence-electron chi connectivity index (χ0n) is 13.6. The van der Waals surface area contributed by atoms with Gasteiger partial charge in [0.15, 0.2) is 0 Å². The van der Waals surface area contributed by atoms with E-state index in [0.717, 1.165) is 5.56 Å². The Hall–Kier alpha value is -3.15. The fourth-order valence-electron chi connectivity index (χ4n) is 2.70. The van der Waals surface area contributed by atoms with Gasteiger partial charge in [0.1, 0.15) is 6.04 Å². The van der Waals surface area contributed by atoms with Crippen LogP contribution in [0.25, 0.3) is 0 Å². The number of amides is 3. The first-order valence-electron chi connectivity index (χ1n) is 8.14. The minimum atomic E-state index is -0.496. The molecule has 0 aromatic heterocycles. The molecule has 1 atom stereocenters. The van der Waals surface area contributed by atoms with Gasteiger partial charge >= 0.3 is 0 Å². The molecule has 1 aliphatic heterocycles. The molecule has 0 unspecified atom stereocenters. The fourth-order valence-corrected chi connectivity index (χ4v) is 2.70. The number of nitrogens with one attached hydrogen (secondary N) is 3. The van der Waals surface area contributed by atoms with E-state index in [1.165, 1.54) is 0 Å². The maximum absolute atomic E-state index is 12.1. The summed E-state index contributed by atoms with van der Waals surface area (Å²) in [4.78, 5) is 35.4. The number of carbonyl (C=O) groups excluding carboxylic acids is 3. The maximum atomic E-state index is 12.1. The van der Waals surface area contributed by atoms with E-state index in [-0.39, 0.29) is 24.1 Å². The Balaban J connectivity index is 1.58. The summed E-state index contributed by atoms with van der Waals surface area (Å²) >= 11 is 0. The second-order valence-corrected chi connectivity index (χ2v) is 5.94. The zero-order valence-corrected chi connectivity index (χ0v) is 13.6. The van der Waals surface area contributed by atoms with Crippen LogP contribution in [-0.2, 0) is 20.8 Å². The van der Waals surface area contributed by atoms with Crippen molar-refractivity contribution in [2.75, 3.05) is 10.6 Å². The van der Waals surface area contributed by atoms with E-state index in [1.807, 2.05) is 30.3 Å². The quantitative estimate of drug-likeness (QED) is 0.781. The lowest BCUT2D eigenvalue weighted by atomic mass is 10.1. The number of benzene rings is 2. The molecule has 0 saturated carbocycles. The van der Waals surface area contributed by atoms with E-state index in [4.69, 9.17) is 0 Å². The summed E-state index contributed by atoms with van der Waals surface area (Å²) in [7, 11) is 0. The third-order valence-electron chi connectivity index (χ3n) is 3.93. The van der Waals surface area contributed by atoms with Crippen molar-refractivity contribution < 1.29 is 14.4 Å². The zero-order chi connectivity index (χ0) is 17.6. The third-order valence-corrected chi connectivity index (χ3v) is 3.93. The summed E-state index contributed by atoms with van der Waals surface area (Å²) in [5.41, 5.74) is 2.11. The third kappa shape index (κ3) is 4.67. The van der Waals surface area contributed by atoms with Gasteiger partial charge in [0.25, 0.3) is 0 Å². The Labute approximate surface area is 145 Å². The van der Waals surface area contributed by atoms with Crippen molar-refractivity contribution in [3.8, 4) is 0 Å². The molecule has 0 aliphatic carbocycles. The molecule has 25 heavy (non-hydrogen) atoms. The van der Waals surface area contributed by atoms with Crippen LogP contribution in [0.15, 0.2) is 54.6 Å². The van der Waals surface area contributed by atoms with Gasteiger partial charge in [-0.3, -0.25) is 14.4 Å². The first kappa shape index (κ1) is 16.7. The Kier molecular flexibility index (Phi) is 5.09. The largest absolute Gasteiger partial charge is 0.344 e.